The van der Waals surface area contributed by atoms with Crippen molar-refractivity contribution in [3.8, 4) is 0 Å². The molecule has 0 radical (unpaired) electrons. The van der Waals surface area contributed by atoms with Crippen molar-refractivity contribution in [3.63, 3.8) is 0 Å². The van der Waals surface area contributed by atoms with E-state index >= 15 is 0 Å². The number of rotatable bonds is 5. The Morgan fingerprint density at radius 3 is 2.40 bits per heavy atom. The van der Waals surface area contributed by atoms with Gasteiger partial charge in [-0.05, 0) is 31.9 Å². The molecule has 1 fully saturated rings. The lowest BCUT2D eigenvalue weighted by Crippen LogP contribution is -2.49. The summed E-state index contributed by atoms with van der Waals surface area (Å²) < 4.78 is 1.12. The van der Waals surface area contributed by atoms with Crippen LogP contribution in [0, 0.1) is 0 Å². The molecule has 112 valence electrons. The summed E-state index contributed by atoms with van der Waals surface area (Å²) in [6, 6.07) is 9.06. The van der Waals surface area contributed by atoms with Crippen molar-refractivity contribution in [2.24, 2.45) is 5.73 Å². The second-order valence-electron chi connectivity index (χ2n) is 5.89. The van der Waals surface area contributed by atoms with Crippen LogP contribution in [0.4, 0.5) is 0 Å². The molecular weight excluding hydrogens is 314 g/mol. The van der Waals surface area contributed by atoms with Gasteiger partial charge in [-0.15, -0.1) is 0 Å². The van der Waals surface area contributed by atoms with Crippen molar-refractivity contribution >= 4 is 15.9 Å². The first-order valence-corrected chi connectivity index (χ1v) is 8.33. The van der Waals surface area contributed by atoms with E-state index in [0.29, 0.717) is 6.04 Å². The zero-order chi connectivity index (χ0) is 14.5. The van der Waals surface area contributed by atoms with Crippen molar-refractivity contribution in [2.75, 3.05) is 32.7 Å². The van der Waals surface area contributed by atoms with E-state index in [4.69, 9.17) is 5.73 Å². The molecule has 2 N–H and O–H groups in total. The van der Waals surface area contributed by atoms with Gasteiger partial charge in [0.2, 0.25) is 0 Å². The van der Waals surface area contributed by atoms with Gasteiger partial charge in [0.05, 0.1) is 0 Å². The van der Waals surface area contributed by atoms with Crippen LogP contribution in [0.5, 0.6) is 0 Å². The van der Waals surface area contributed by atoms with E-state index in [1.807, 2.05) is 6.07 Å². The summed E-state index contributed by atoms with van der Waals surface area (Å²) in [6.45, 7) is 10.3. The quantitative estimate of drug-likeness (QED) is 0.895. The molecule has 20 heavy (non-hydrogen) atoms. The summed E-state index contributed by atoms with van der Waals surface area (Å²) >= 11 is 3.59. The minimum atomic E-state index is 0.119. The van der Waals surface area contributed by atoms with Crippen molar-refractivity contribution in [3.05, 3.63) is 34.3 Å². The molecule has 0 saturated carbocycles. The molecule has 0 aliphatic carbocycles. The lowest BCUT2D eigenvalue weighted by Gasteiger charge is -2.37. The normalized spacial score (nSPS) is 19.4. The zero-order valence-electron chi connectivity index (χ0n) is 12.6. The number of benzene rings is 1. The fraction of sp³-hybridized carbons (Fsp3) is 0.625. The van der Waals surface area contributed by atoms with Gasteiger partial charge in [-0.25, -0.2) is 0 Å². The number of nitrogens with zero attached hydrogens (tertiary/aromatic N) is 2. The molecule has 1 heterocycles. The molecule has 1 unspecified atom stereocenters. The van der Waals surface area contributed by atoms with E-state index in [2.05, 4.69) is 57.8 Å². The van der Waals surface area contributed by atoms with Crippen LogP contribution in [0.25, 0.3) is 0 Å². The second kappa shape index (κ2) is 7.55. The molecule has 2 rings (SSSR count). The highest BCUT2D eigenvalue weighted by Crippen LogP contribution is 2.23. The Kier molecular flexibility index (Phi) is 6.02. The molecule has 1 aliphatic heterocycles. The highest BCUT2D eigenvalue weighted by molar-refractivity contribution is 9.10. The highest BCUT2D eigenvalue weighted by atomic mass is 79.9. The molecule has 0 amide bonds. The van der Waals surface area contributed by atoms with Crippen LogP contribution in [-0.4, -0.2) is 48.6 Å². The Hall–Kier alpha value is -0.420. The summed E-state index contributed by atoms with van der Waals surface area (Å²) in [7, 11) is 0. The monoisotopic (exact) mass is 339 g/mol. The number of nitrogens with two attached hydrogens (primary N) is 1. The molecule has 1 saturated heterocycles. The highest BCUT2D eigenvalue weighted by Gasteiger charge is 2.19. The van der Waals surface area contributed by atoms with Crippen molar-refractivity contribution in [2.45, 2.75) is 32.4 Å². The minimum absolute atomic E-state index is 0.119. The zero-order valence-corrected chi connectivity index (χ0v) is 14.1. The largest absolute Gasteiger partial charge is 0.324 e. The fourth-order valence-electron chi connectivity index (χ4n) is 2.76. The minimum Gasteiger partial charge on any atom is -0.324 e. The maximum atomic E-state index is 6.32. The first-order valence-electron chi connectivity index (χ1n) is 7.54. The fourth-order valence-corrected chi connectivity index (χ4v) is 3.34. The van der Waals surface area contributed by atoms with Gasteiger partial charge in [0, 0.05) is 49.3 Å². The maximum absolute atomic E-state index is 6.32. The third-order valence-corrected chi connectivity index (χ3v) is 4.92. The van der Waals surface area contributed by atoms with Gasteiger partial charge in [0.15, 0.2) is 0 Å². The maximum Gasteiger partial charge on any atom is 0.0318 e. The lowest BCUT2D eigenvalue weighted by atomic mass is 10.0. The Labute approximate surface area is 131 Å². The SMILES string of the molecule is CC(C)N1CCN(CCC(N)c2ccccc2Br)CC1. The van der Waals surface area contributed by atoms with Crippen molar-refractivity contribution in [1.82, 2.24) is 9.80 Å². The van der Waals surface area contributed by atoms with Crippen LogP contribution in [0.15, 0.2) is 28.7 Å². The van der Waals surface area contributed by atoms with Gasteiger partial charge in [-0.1, -0.05) is 34.1 Å². The first-order chi connectivity index (χ1) is 9.58. The summed E-state index contributed by atoms with van der Waals surface area (Å²) in [5.74, 6) is 0. The molecule has 0 bridgehead atoms. The Bertz CT molecular complexity index is 414. The molecule has 4 heteroatoms. The van der Waals surface area contributed by atoms with E-state index in [-0.39, 0.29) is 6.04 Å². The van der Waals surface area contributed by atoms with E-state index in [1.165, 1.54) is 31.7 Å². The molecule has 1 aromatic rings. The molecular formula is C16H26BrN3. The van der Waals surface area contributed by atoms with Crippen LogP contribution in [-0.2, 0) is 0 Å². The molecule has 1 atom stereocenters. The number of piperazine rings is 1. The summed E-state index contributed by atoms with van der Waals surface area (Å²) in [6.07, 6.45) is 1.02. The van der Waals surface area contributed by atoms with Crippen LogP contribution in [0.2, 0.25) is 0 Å². The van der Waals surface area contributed by atoms with Crippen molar-refractivity contribution in [1.29, 1.82) is 0 Å². The molecule has 1 aliphatic rings. The molecule has 0 spiro atoms. The standard InChI is InChI=1S/C16H26BrN3/c1-13(2)20-11-9-19(10-12-20)8-7-16(18)14-5-3-4-6-15(14)17/h3-6,13,16H,7-12,18H2,1-2H3. The Morgan fingerprint density at radius 1 is 1.15 bits per heavy atom. The summed E-state index contributed by atoms with van der Waals surface area (Å²) in [5, 5.41) is 0. The molecule has 0 aromatic heterocycles. The van der Waals surface area contributed by atoms with Crippen LogP contribution in [0.1, 0.15) is 31.9 Å². The third-order valence-electron chi connectivity index (χ3n) is 4.20. The van der Waals surface area contributed by atoms with Gasteiger partial charge in [0.1, 0.15) is 0 Å². The second-order valence-corrected chi connectivity index (χ2v) is 6.74. The van der Waals surface area contributed by atoms with Crippen molar-refractivity contribution < 1.29 is 0 Å². The molecule has 1 aromatic carbocycles. The van der Waals surface area contributed by atoms with Gasteiger partial charge >= 0.3 is 0 Å². The summed E-state index contributed by atoms with van der Waals surface area (Å²) in [4.78, 5) is 5.08. The smallest absolute Gasteiger partial charge is 0.0318 e. The topological polar surface area (TPSA) is 32.5 Å². The van der Waals surface area contributed by atoms with E-state index < -0.39 is 0 Å². The first kappa shape index (κ1) is 16.0. The Balaban J connectivity index is 1.78. The van der Waals surface area contributed by atoms with E-state index in [0.717, 1.165) is 17.4 Å². The van der Waals surface area contributed by atoms with Crippen LogP contribution < -0.4 is 5.73 Å². The third kappa shape index (κ3) is 4.29. The predicted octanol–water partition coefficient (Wildman–Crippen LogP) is 2.87. The Morgan fingerprint density at radius 2 is 1.80 bits per heavy atom. The van der Waals surface area contributed by atoms with E-state index in [9.17, 15) is 0 Å². The summed E-state index contributed by atoms with van der Waals surface area (Å²) in [5.41, 5.74) is 7.54. The van der Waals surface area contributed by atoms with E-state index in [1.54, 1.807) is 0 Å². The predicted molar refractivity (Wildman–Crippen MR) is 88.8 cm³/mol. The van der Waals surface area contributed by atoms with Gasteiger partial charge in [-0.2, -0.15) is 0 Å². The van der Waals surface area contributed by atoms with Gasteiger partial charge in [0.25, 0.3) is 0 Å². The average molecular weight is 340 g/mol. The number of hydrogen-bond donors (Lipinski definition) is 1. The van der Waals surface area contributed by atoms with Gasteiger partial charge in [-0.3, -0.25) is 4.90 Å². The lowest BCUT2D eigenvalue weighted by molar-refractivity contribution is 0.106. The molecule has 3 nitrogen and oxygen atoms in total. The van der Waals surface area contributed by atoms with Crippen LogP contribution >= 0.6 is 15.9 Å². The number of hydrogen-bond acceptors (Lipinski definition) is 3. The van der Waals surface area contributed by atoms with Crippen LogP contribution in [0.3, 0.4) is 0 Å². The van der Waals surface area contributed by atoms with Gasteiger partial charge < -0.3 is 10.6 Å². The average Bonchev–Trinajstić information content (AvgIpc) is 2.45. The number of halogens is 1.